The minimum atomic E-state index is -0.673. The molecule has 0 saturated heterocycles. The van der Waals surface area contributed by atoms with Gasteiger partial charge in [0.2, 0.25) is 5.91 Å². The molecule has 1 aromatic carbocycles. The first kappa shape index (κ1) is 14.1. The van der Waals surface area contributed by atoms with Gasteiger partial charge in [-0.1, -0.05) is 19.1 Å². The second-order valence-electron chi connectivity index (χ2n) is 5.82. The van der Waals surface area contributed by atoms with Gasteiger partial charge < -0.3 is 15.6 Å². The molecule has 112 valence electrons. The van der Waals surface area contributed by atoms with E-state index in [4.69, 9.17) is 5.73 Å². The number of nitrogens with one attached hydrogen (secondary N) is 1. The van der Waals surface area contributed by atoms with Crippen molar-refractivity contribution in [3.05, 3.63) is 30.1 Å². The van der Waals surface area contributed by atoms with Crippen molar-refractivity contribution < 1.29 is 4.79 Å². The number of likely N-dealkylation sites (N-methyl/N-ethyl adjacent to an activating group) is 1. The Labute approximate surface area is 124 Å². The SMILES string of the molecule is CCc1nc2ccccc2n1CC(NC)(C(N)=O)C1CC1. The van der Waals surface area contributed by atoms with E-state index in [0.717, 1.165) is 36.1 Å². The van der Waals surface area contributed by atoms with Gasteiger partial charge in [-0.05, 0) is 37.9 Å². The highest BCUT2D eigenvalue weighted by Crippen LogP contribution is 2.41. The van der Waals surface area contributed by atoms with Crippen LogP contribution in [0.1, 0.15) is 25.6 Å². The van der Waals surface area contributed by atoms with Crippen LogP contribution in [0.3, 0.4) is 0 Å². The third-order valence-corrected chi connectivity index (χ3v) is 4.62. The number of nitrogens with zero attached hydrogens (tertiary/aromatic N) is 2. The number of rotatable bonds is 6. The van der Waals surface area contributed by atoms with Crippen molar-refractivity contribution in [1.82, 2.24) is 14.9 Å². The van der Waals surface area contributed by atoms with Crippen molar-refractivity contribution in [2.45, 2.75) is 38.3 Å². The molecule has 3 N–H and O–H groups in total. The van der Waals surface area contributed by atoms with E-state index in [1.165, 1.54) is 0 Å². The number of hydrogen-bond donors (Lipinski definition) is 2. The lowest BCUT2D eigenvalue weighted by molar-refractivity contribution is -0.125. The number of carbonyl (C=O) groups excluding carboxylic acids is 1. The lowest BCUT2D eigenvalue weighted by atomic mass is 9.92. The minimum absolute atomic E-state index is 0.271. The van der Waals surface area contributed by atoms with Crippen LogP contribution in [0.2, 0.25) is 0 Å². The zero-order chi connectivity index (χ0) is 15.0. The van der Waals surface area contributed by atoms with E-state index in [1.54, 1.807) is 0 Å². The molecule has 3 rings (SSSR count). The summed E-state index contributed by atoms with van der Waals surface area (Å²) in [7, 11) is 1.83. The molecule has 5 heteroatoms. The van der Waals surface area contributed by atoms with Gasteiger partial charge in [-0.3, -0.25) is 4.79 Å². The first-order valence-corrected chi connectivity index (χ1v) is 7.55. The summed E-state index contributed by atoms with van der Waals surface area (Å²) in [5, 5.41) is 3.21. The summed E-state index contributed by atoms with van der Waals surface area (Å²) in [4.78, 5) is 16.8. The Morgan fingerprint density at radius 3 is 2.76 bits per heavy atom. The van der Waals surface area contributed by atoms with E-state index in [9.17, 15) is 4.79 Å². The standard InChI is InChI=1S/C16H22N4O/c1-3-14-19-12-6-4-5-7-13(12)20(14)10-16(18-2,15(17)21)11-8-9-11/h4-7,11,18H,3,8-10H2,1-2H3,(H2,17,21). The fraction of sp³-hybridized carbons (Fsp3) is 0.500. The summed E-state index contributed by atoms with van der Waals surface area (Å²) in [6.45, 7) is 2.63. The summed E-state index contributed by atoms with van der Waals surface area (Å²) in [6, 6.07) is 8.05. The monoisotopic (exact) mass is 286 g/mol. The molecule has 1 fully saturated rings. The number of aromatic nitrogens is 2. The Hall–Kier alpha value is -1.88. The molecule has 1 saturated carbocycles. The second-order valence-corrected chi connectivity index (χ2v) is 5.82. The van der Waals surface area contributed by atoms with Gasteiger partial charge in [-0.25, -0.2) is 4.98 Å². The average Bonchev–Trinajstić information content (AvgIpc) is 3.27. The van der Waals surface area contributed by atoms with Crippen LogP contribution in [0.15, 0.2) is 24.3 Å². The first-order valence-electron chi connectivity index (χ1n) is 7.55. The topological polar surface area (TPSA) is 72.9 Å². The molecule has 1 aliphatic carbocycles. The number of fused-ring (bicyclic) bond motifs is 1. The molecule has 0 aliphatic heterocycles. The molecule has 0 bridgehead atoms. The average molecular weight is 286 g/mol. The number of nitrogens with two attached hydrogens (primary N) is 1. The summed E-state index contributed by atoms with van der Waals surface area (Å²) in [5.74, 6) is 1.05. The molecule has 1 unspecified atom stereocenters. The predicted molar refractivity (Wildman–Crippen MR) is 82.8 cm³/mol. The van der Waals surface area contributed by atoms with Crippen LogP contribution in [0.25, 0.3) is 11.0 Å². The van der Waals surface area contributed by atoms with E-state index >= 15 is 0 Å². The van der Waals surface area contributed by atoms with Gasteiger partial charge in [-0.15, -0.1) is 0 Å². The molecule has 5 nitrogen and oxygen atoms in total. The molecular formula is C16H22N4O. The Bertz CT molecular complexity index is 674. The largest absolute Gasteiger partial charge is 0.368 e. The van der Waals surface area contributed by atoms with Crippen LogP contribution >= 0.6 is 0 Å². The van der Waals surface area contributed by atoms with Gasteiger partial charge >= 0.3 is 0 Å². The van der Waals surface area contributed by atoms with Crippen LogP contribution in [-0.2, 0) is 17.8 Å². The maximum atomic E-state index is 12.1. The fourth-order valence-electron chi connectivity index (χ4n) is 3.21. The number of hydrogen-bond acceptors (Lipinski definition) is 3. The summed E-state index contributed by atoms with van der Waals surface area (Å²) in [5.41, 5.74) is 7.10. The number of imidazole rings is 1. The van der Waals surface area contributed by atoms with Crippen LogP contribution in [-0.4, -0.2) is 28.0 Å². The number of primary amides is 1. The molecule has 0 spiro atoms. The Morgan fingerprint density at radius 2 is 2.19 bits per heavy atom. The Balaban J connectivity index is 2.09. The van der Waals surface area contributed by atoms with Crippen LogP contribution in [0, 0.1) is 5.92 Å². The van der Waals surface area contributed by atoms with Crippen LogP contribution < -0.4 is 11.1 Å². The smallest absolute Gasteiger partial charge is 0.239 e. The number of carbonyl (C=O) groups is 1. The zero-order valence-corrected chi connectivity index (χ0v) is 12.6. The van der Waals surface area contributed by atoms with Crippen molar-refractivity contribution in [2.24, 2.45) is 11.7 Å². The maximum absolute atomic E-state index is 12.1. The summed E-state index contributed by atoms with van der Waals surface area (Å²) < 4.78 is 2.15. The highest BCUT2D eigenvalue weighted by Gasteiger charge is 2.49. The quantitative estimate of drug-likeness (QED) is 0.844. The first-order chi connectivity index (χ1) is 10.1. The highest BCUT2D eigenvalue weighted by molar-refractivity contribution is 5.86. The lowest BCUT2D eigenvalue weighted by Crippen LogP contribution is -2.58. The number of para-hydroxylation sites is 2. The summed E-state index contributed by atoms with van der Waals surface area (Å²) in [6.07, 6.45) is 2.94. The molecule has 1 atom stereocenters. The predicted octanol–water partition coefficient (Wildman–Crippen LogP) is 1.45. The molecule has 1 aliphatic rings. The van der Waals surface area contributed by atoms with Gasteiger partial charge in [0.05, 0.1) is 17.6 Å². The molecule has 1 amide bonds. The van der Waals surface area contributed by atoms with Gasteiger partial charge in [0.1, 0.15) is 11.4 Å². The Morgan fingerprint density at radius 1 is 1.48 bits per heavy atom. The number of benzene rings is 1. The van der Waals surface area contributed by atoms with E-state index < -0.39 is 5.54 Å². The van der Waals surface area contributed by atoms with Crippen molar-refractivity contribution in [1.29, 1.82) is 0 Å². The molecule has 0 radical (unpaired) electrons. The Kier molecular flexibility index (Phi) is 3.45. The third kappa shape index (κ3) is 2.21. The fourth-order valence-corrected chi connectivity index (χ4v) is 3.21. The van der Waals surface area contributed by atoms with Gasteiger partial charge in [0.15, 0.2) is 0 Å². The van der Waals surface area contributed by atoms with Crippen molar-refractivity contribution in [2.75, 3.05) is 7.05 Å². The molecule has 2 aromatic rings. The van der Waals surface area contributed by atoms with Gasteiger partial charge in [0, 0.05) is 6.42 Å². The van der Waals surface area contributed by atoms with E-state index in [0.29, 0.717) is 12.5 Å². The van der Waals surface area contributed by atoms with Crippen molar-refractivity contribution in [3.63, 3.8) is 0 Å². The van der Waals surface area contributed by atoms with Crippen molar-refractivity contribution >= 4 is 16.9 Å². The zero-order valence-electron chi connectivity index (χ0n) is 12.6. The molecule has 1 heterocycles. The van der Waals surface area contributed by atoms with E-state index in [2.05, 4.69) is 27.9 Å². The van der Waals surface area contributed by atoms with E-state index in [1.807, 2.05) is 25.2 Å². The normalized spacial score (nSPS) is 17.8. The lowest BCUT2D eigenvalue weighted by Gasteiger charge is -2.31. The molecular weight excluding hydrogens is 264 g/mol. The van der Waals surface area contributed by atoms with Gasteiger partial charge in [-0.2, -0.15) is 0 Å². The minimum Gasteiger partial charge on any atom is -0.368 e. The van der Waals surface area contributed by atoms with Gasteiger partial charge in [0.25, 0.3) is 0 Å². The highest BCUT2D eigenvalue weighted by atomic mass is 16.1. The maximum Gasteiger partial charge on any atom is 0.239 e. The second kappa shape index (κ2) is 5.15. The third-order valence-electron chi connectivity index (χ3n) is 4.62. The van der Waals surface area contributed by atoms with Crippen molar-refractivity contribution in [3.8, 4) is 0 Å². The molecule has 21 heavy (non-hydrogen) atoms. The number of aryl methyl sites for hydroxylation is 1. The number of amides is 1. The van der Waals surface area contributed by atoms with Crippen LogP contribution in [0.4, 0.5) is 0 Å². The molecule has 1 aromatic heterocycles. The van der Waals surface area contributed by atoms with E-state index in [-0.39, 0.29) is 5.91 Å². The van der Waals surface area contributed by atoms with Crippen LogP contribution in [0.5, 0.6) is 0 Å². The summed E-state index contributed by atoms with van der Waals surface area (Å²) >= 11 is 0.